The number of hydrogen-bond acceptors (Lipinski definition) is 6. The Hall–Kier alpha value is -3.62. The van der Waals surface area contributed by atoms with Gasteiger partial charge in [0.25, 0.3) is 0 Å². The standard InChI is InChI=1S/C24H21F3N4O2/c1-32-19-7-3-4-15-8-9-20(28-21(15)19)31-12-10-16(11-13-31)23-29-22(30-33-23)17-5-2-6-18(14-17)24(25,26)27/h2-9,14,16H,10-13H2,1H3. The fourth-order valence-electron chi connectivity index (χ4n) is 4.16. The monoisotopic (exact) mass is 454 g/mol. The number of halogens is 3. The molecule has 9 heteroatoms. The Kier molecular flexibility index (Phi) is 5.39. The zero-order chi connectivity index (χ0) is 23.0. The van der Waals surface area contributed by atoms with Crippen molar-refractivity contribution in [3.05, 3.63) is 66.1 Å². The Bertz CT molecular complexity index is 1280. The van der Waals surface area contributed by atoms with E-state index in [2.05, 4.69) is 15.0 Å². The van der Waals surface area contributed by atoms with E-state index in [1.807, 2.05) is 30.3 Å². The van der Waals surface area contributed by atoms with E-state index in [0.717, 1.165) is 60.5 Å². The third-order valence-corrected chi connectivity index (χ3v) is 5.95. The molecule has 1 saturated heterocycles. The van der Waals surface area contributed by atoms with Crippen molar-refractivity contribution in [3.8, 4) is 17.1 Å². The molecule has 2 aromatic heterocycles. The van der Waals surface area contributed by atoms with Crippen molar-refractivity contribution in [1.82, 2.24) is 15.1 Å². The highest BCUT2D eigenvalue weighted by atomic mass is 19.4. The smallest absolute Gasteiger partial charge is 0.416 e. The van der Waals surface area contributed by atoms with Crippen molar-refractivity contribution in [2.45, 2.75) is 24.9 Å². The van der Waals surface area contributed by atoms with Crippen LogP contribution in [0.3, 0.4) is 0 Å². The molecule has 0 aliphatic carbocycles. The molecule has 33 heavy (non-hydrogen) atoms. The lowest BCUT2D eigenvalue weighted by atomic mass is 9.96. The van der Waals surface area contributed by atoms with Gasteiger partial charge < -0.3 is 14.2 Å². The number of benzene rings is 2. The number of fused-ring (bicyclic) bond motifs is 1. The lowest BCUT2D eigenvalue weighted by Crippen LogP contribution is -2.33. The molecule has 0 saturated carbocycles. The second-order valence-corrected chi connectivity index (χ2v) is 8.00. The van der Waals surface area contributed by atoms with E-state index in [1.54, 1.807) is 13.2 Å². The molecular weight excluding hydrogens is 433 g/mol. The zero-order valence-corrected chi connectivity index (χ0v) is 17.8. The van der Waals surface area contributed by atoms with Gasteiger partial charge in [0.15, 0.2) is 0 Å². The van der Waals surface area contributed by atoms with Crippen molar-refractivity contribution in [3.63, 3.8) is 0 Å². The van der Waals surface area contributed by atoms with Gasteiger partial charge in [-0.1, -0.05) is 29.4 Å². The summed E-state index contributed by atoms with van der Waals surface area (Å²) < 4.78 is 49.9. The molecule has 0 amide bonds. The molecule has 4 aromatic rings. The highest BCUT2D eigenvalue weighted by molar-refractivity contribution is 5.86. The summed E-state index contributed by atoms with van der Waals surface area (Å²) in [5, 5.41) is 4.94. The van der Waals surface area contributed by atoms with Crippen molar-refractivity contribution >= 4 is 16.7 Å². The van der Waals surface area contributed by atoms with E-state index in [1.165, 1.54) is 6.07 Å². The van der Waals surface area contributed by atoms with Crippen molar-refractivity contribution < 1.29 is 22.4 Å². The maximum atomic E-state index is 13.0. The Morgan fingerprint density at radius 3 is 2.55 bits per heavy atom. The summed E-state index contributed by atoms with van der Waals surface area (Å²) in [6.07, 6.45) is -2.87. The van der Waals surface area contributed by atoms with Gasteiger partial charge in [-0.2, -0.15) is 18.2 Å². The van der Waals surface area contributed by atoms with Gasteiger partial charge in [-0.15, -0.1) is 0 Å². The van der Waals surface area contributed by atoms with E-state index in [-0.39, 0.29) is 17.3 Å². The minimum absolute atomic E-state index is 0.0447. The fraction of sp³-hybridized carbons (Fsp3) is 0.292. The molecule has 170 valence electrons. The third-order valence-electron chi connectivity index (χ3n) is 5.95. The average molecular weight is 454 g/mol. The number of nitrogens with zero attached hydrogens (tertiary/aromatic N) is 4. The summed E-state index contributed by atoms with van der Waals surface area (Å²) >= 11 is 0. The summed E-state index contributed by atoms with van der Waals surface area (Å²) in [6, 6.07) is 14.8. The SMILES string of the molecule is COc1cccc2ccc(N3CCC(c4nc(-c5cccc(C(F)(F)F)c5)no4)CC3)nc12. The van der Waals surface area contributed by atoms with Crippen molar-refractivity contribution in [2.24, 2.45) is 0 Å². The van der Waals surface area contributed by atoms with Gasteiger partial charge in [-0.25, -0.2) is 4.98 Å². The van der Waals surface area contributed by atoms with Gasteiger partial charge in [0, 0.05) is 30.0 Å². The van der Waals surface area contributed by atoms with E-state index in [4.69, 9.17) is 14.2 Å². The highest BCUT2D eigenvalue weighted by Crippen LogP contribution is 2.34. The van der Waals surface area contributed by atoms with Gasteiger partial charge in [0.05, 0.1) is 12.7 Å². The molecular formula is C24H21F3N4O2. The summed E-state index contributed by atoms with van der Waals surface area (Å²) in [6.45, 7) is 1.50. The number of hydrogen-bond donors (Lipinski definition) is 0. The molecule has 1 aliphatic heterocycles. The van der Waals surface area contributed by atoms with Crippen LogP contribution in [0, 0.1) is 0 Å². The number of pyridine rings is 1. The van der Waals surface area contributed by atoms with Crippen LogP contribution >= 0.6 is 0 Å². The molecule has 0 bridgehead atoms. The Labute approximate surface area is 188 Å². The number of anilines is 1. The van der Waals surface area contributed by atoms with E-state index in [0.29, 0.717) is 5.89 Å². The predicted molar refractivity (Wildman–Crippen MR) is 117 cm³/mol. The number of para-hydroxylation sites is 1. The molecule has 0 unspecified atom stereocenters. The van der Waals surface area contributed by atoms with Crippen molar-refractivity contribution in [1.29, 1.82) is 0 Å². The molecule has 1 fully saturated rings. The molecule has 6 nitrogen and oxygen atoms in total. The minimum atomic E-state index is -4.42. The van der Waals surface area contributed by atoms with Crippen LogP contribution < -0.4 is 9.64 Å². The van der Waals surface area contributed by atoms with Crippen LogP contribution in [0.25, 0.3) is 22.3 Å². The van der Waals surface area contributed by atoms with Crippen LogP contribution in [-0.4, -0.2) is 35.3 Å². The second-order valence-electron chi connectivity index (χ2n) is 8.00. The van der Waals surface area contributed by atoms with Gasteiger partial charge in [0.2, 0.25) is 11.7 Å². The first-order chi connectivity index (χ1) is 15.9. The number of methoxy groups -OCH3 is 1. The van der Waals surface area contributed by atoms with Gasteiger partial charge in [0.1, 0.15) is 17.1 Å². The van der Waals surface area contributed by atoms with Gasteiger partial charge in [-0.05, 0) is 43.2 Å². The fourth-order valence-corrected chi connectivity index (χ4v) is 4.16. The maximum absolute atomic E-state index is 13.0. The van der Waals surface area contributed by atoms with Gasteiger partial charge >= 0.3 is 6.18 Å². The van der Waals surface area contributed by atoms with Crippen LogP contribution in [-0.2, 0) is 6.18 Å². The Morgan fingerprint density at radius 2 is 1.79 bits per heavy atom. The topological polar surface area (TPSA) is 64.3 Å². The first kappa shape index (κ1) is 21.2. The van der Waals surface area contributed by atoms with Crippen LogP contribution in [0.2, 0.25) is 0 Å². The first-order valence-corrected chi connectivity index (χ1v) is 10.6. The maximum Gasteiger partial charge on any atom is 0.416 e. The van der Waals surface area contributed by atoms with Crippen LogP contribution in [0.1, 0.15) is 30.2 Å². The lowest BCUT2D eigenvalue weighted by molar-refractivity contribution is -0.137. The summed E-state index contributed by atoms with van der Waals surface area (Å²) in [4.78, 5) is 11.4. The molecule has 0 atom stereocenters. The van der Waals surface area contributed by atoms with Crippen molar-refractivity contribution in [2.75, 3.05) is 25.1 Å². The van der Waals surface area contributed by atoms with Crippen LogP contribution in [0.4, 0.5) is 19.0 Å². The minimum Gasteiger partial charge on any atom is -0.494 e. The summed E-state index contributed by atoms with van der Waals surface area (Å²) in [7, 11) is 1.63. The number of alkyl halides is 3. The van der Waals surface area contributed by atoms with Crippen LogP contribution in [0.5, 0.6) is 5.75 Å². The zero-order valence-electron chi connectivity index (χ0n) is 17.8. The lowest BCUT2D eigenvalue weighted by Gasteiger charge is -2.31. The van der Waals surface area contributed by atoms with E-state index in [9.17, 15) is 13.2 Å². The molecule has 0 radical (unpaired) electrons. The summed E-state index contributed by atoms with van der Waals surface area (Å²) in [5.74, 6) is 2.28. The molecule has 1 aliphatic rings. The normalized spacial score (nSPS) is 15.2. The van der Waals surface area contributed by atoms with E-state index >= 15 is 0 Å². The predicted octanol–water partition coefficient (Wildman–Crippen LogP) is 5.70. The number of rotatable bonds is 4. The first-order valence-electron chi connectivity index (χ1n) is 10.6. The Balaban J connectivity index is 1.30. The molecule has 0 N–H and O–H groups in total. The summed E-state index contributed by atoms with van der Waals surface area (Å²) in [5.41, 5.74) is 0.369. The number of ether oxygens (including phenoxy) is 1. The average Bonchev–Trinajstić information content (AvgIpc) is 3.33. The molecule has 0 spiro atoms. The van der Waals surface area contributed by atoms with Gasteiger partial charge in [-0.3, -0.25) is 0 Å². The molecule has 5 rings (SSSR count). The molecule has 2 aromatic carbocycles. The second kappa shape index (κ2) is 8.38. The third kappa shape index (κ3) is 4.22. The van der Waals surface area contributed by atoms with E-state index < -0.39 is 11.7 Å². The van der Waals surface area contributed by atoms with Crippen LogP contribution in [0.15, 0.2) is 59.1 Å². The number of aromatic nitrogens is 3. The number of piperidine rings is 1. The Morgan fingerprint density at radius 1 is 1.00 bits per heavy atom. The largest absolute Gasteiger partial charge is 0.494 e. The molecule has 3 heterocycles. The highest BCUT2D eigenvalue weighted by Gasteiger charge is 2.31. The quantitative estimate of drug-likeness (QED) is 0.394.